The Labute approximate surface area is 140 Å². The van der Waals surface area contributed by atoms with Gasteiger partial charge in [-0.2, -0.15) is 16.8 Å². The monoisotopic (exact) mass is 383 g/mol. The largest absolute Gasteiger partial charge is 0.392 e. The molecule has 2 unspecified atom stereocenters. The molecule has 0 saturated heterocycles. The number of hydrogen-bond acceptors (Lipinski definition) is 7. The van der Waals surface area contributed by atoms with Crippen molar-refractivity contribution < 1.29 is 36.2 Å². The number of nitrogens with one attached hydrogen (secondary N) is 1. The maximum atomic E-state index is 10.8. The van der Waals surface area contributed by atoms with Crippen LogP contribution in [-0.4, -0.2) is 66.4 Å². The van der Waals surface area contributed by atoms with Crippen molar-refractivity contribution in [2.75, 3.05) is 23.4 Å². The molecule has 0 amide bonds. The van der Waals surface area contributed by atoms with Crippen LogP contribution in [0.25, 0.3) is 0 Å². The Hall–Kier alpha value is -1.24. The molecule has 0 spiro atoms. The lowest BCUT2D eigenvalue weighted by atomic mass is 10.0. The van der Waals surface area contributed by atoms with Gasteiger partial charge < -0.3 is 15.5 Å². The molecule has 1 aromatic carbocycles. The van der Waals surface area contributed by atoms with Crippen molar-refractivity contribution in [3.05, 3.63) is 29.3 Å². The Morgan fingerprint density at radius 3 is 2.08 bits per heavy atom. The zero-order valence-corrected chi connectivity index (χ0v) is 14.6. The summed E-state index contributed by atoms with van der Waals surface area (Å²) in [6.07, 6.45) is -2.75. The highest BCUT2D eigenvalue weighted by molar-refractivity contribution is 7.86. The maximum Gasteiger partial charge on any atom is 0.267 e. The van der Waals surface area contributed by atoms with Crippen molar-refractivity contribution in [1.29, 1.82) is 0 Å². The normalized spacial score (nSPS) is 15.0. The van der Waals surface area contributed by atoms with Crippen molar-refractivity contribution in [1.82, 2.24) is 0 Å². The summed E-state index contributed by atoms with van der Waals surface area (Å²) in [6.45, 7) is 1.61. The van der Waals surface area contributed by atoms with E-state index >= 15 is 0 Å². The van der Waals surface area contributed by atoms with Crippen LogP contribution in [0, 0.1) is 6.92 Å². The summed E-state index contributed by atoms with van der Waals surface area (Å²) < 4.78 is 60.4. The van der Waals surface area contributed by atoms with Gasteiger partial charge in [0, 0.05) is 18.7 Å². The van der Waals surface area contributed by atoms with E-state index in [2.05, 4.69) is 5.32 Å². The number of aryl methyl sites for hydroxylation is 1. The predicted octanol–water partition coefficient (Wildman–Crippen LogP) is -0.553. The Morgan fingerprint density at radius 2 is 1.54 bits per heavy atom. The van der Waals surface area contributed by atoms with Crippen LogP contribution in [0.4, 0.5) is 5.69 Å². The molecule has 5 N–H and O–H groups in total. The number of hydrogen-bond donors (Lipinski definition) is 5. The van der Waals surface area contributed by atoms with Crippen LogP contribution in [0.1, 0.15) is 11.1 Å². The summed E-state index contributed by atoms with van der Waals surface area (Å²) in [4.78, 5) is 0. The summed E-state index contributed by atoms with van der Waals surface area (Å²) in [5.74, 6) is -1.64. The second kappa shape index (κ2) is 8.23. The van der Waals surface area contributed by atoms with Crippen LogP contribution in [0.5, 0.6) is 0 Å². The van der Waals surface area contributed by atoms with Crippen LogP contribution in [0.15, 0.2) is 18.2 Å². The molecule has 138 valence electrons. The highest BCUT2D eigenvalue weighted by atomic mass is 32.2. The van der Waals surface area contributed by atoms with Gasteiger partial charge in [0.05, 0.1) is 12.2 Å². The van der Waals surface area contributed by atoms with Gasteiger partial charge in [0.1, 0.15) is 11.5 Å². The smallest absolute Gasteiger partial charge is 0.267 e. The maximum absolute atomic E-state index is 10.8. The average molecular weight is 383 g/mol. The Balaban J connectivity index is 2.81. The molecule has 1 rings (SSSR count). The van der Waals surface area contributed by atoms with Gasteiger partial charge in [-0.05, 0) is 18.6 Å². The van der Waals surface area contributed by atoms with E-state index in [-0.39, 0.29) is 13.0 Å². The molecular weight excluding hydrogens is 362 g/mol. The summed E-state index contributed by atoms with van der Waals surface area (Å²) in [5.41, 5.74) is 1.84. The van der Waals surface area contributed by atoms with E-state index in [1.165, 1.54) is 0 Å². The van der Waals surface area contributed by atoms with Gasteiger partial charge in [-0.1, -0.05) is 17.7 Å². The van der Waals surface area contributed by atoms with Gasteiger partial charge >= 0.3 is 0 Å². The fraction of sp³-hybridized carbons (Fsp3) is 0.538. The van der Waals surface area contributed by atoms with Crippen molar-refractivity contribution >= 4 is 25.9 Å². The first-order chi connectivity index (χ1) is 10.9. The highest BCUT2D eigenvalue weighted by Crippen LogP contribution is 2.20. The van der Waals surface area contributed by atoms with Gasteiger partial charge in [-0.15, -0.1) is 0 Å². The first-order valence-electron chi connectivity index (χ1n) is 6.95. The number of benzene rings is 1. The quantitative estimate of drug-likeness (QED) is 0.352. The third-order valence-corrected chi connectivity index (χ3v) is 4.66. The molecule has 11 heteroatoms. The Bertz CT molecular complexity index is 760. The van der Waals surface area contributed by atoms with E-state index < -0.39 is 43.9 Å². The second-order valence-corrected chi connectivity index (χ2v) is 8.54. The molecule has 2 atom stereocenters. The zero-order valence-electron chi connectivity index (χ0n) is 13.0. The first-order valence-corrected chi connectivity index (χ1v) is 10.2. The number of aliphatic hydroxyl groups excluding tert-OH is 2. The lowest BCUT2D eigenvalue weighted by Gasteiger charge is -2.17. The van der Waals surface area contributed by atoms with Crippen molar-refractivity contribution in [2.24, 2.45) is 0 Å². The molecule has 0 aliphatic rings. The molecule has 0 aliphatic heterocycles. The van der Waals surface area contributed by atoms with Crippen molar-refractivity contribution in [3.63, 3.8) is 0 Å². The fourth-order valence-electron chi connectivity index (χ4n) is 2.15. The van der Waals surface area contributed by atoms with Crippen molar-refractivity contribution in [2.45, 2.75) is 25.6 Å². The van der Waals surface area contributed by atoms with E-state index in [1.807, 2.05) is 0 Å². The van der Waals surface area contributed by atoms with Gasteiger partial charge in [-0.3, -0.25) is 9.11 Å². The Morgan fingerprint density at radius 1 is 1.00 bits per heavy atom. The van der Waals surface area contributed by atoms with Gasteiger partial charge in [0.15, 0.2) is 0 Å². The van der Waals surface area contributed by atoms with Crippen LogP contribution in [0.3, 0.4) is 0 Å². The second-order valence-electron chi connectivity index (χ2n) is 5.55. The lowest BCUT2D eigenvalue weighted by Crippen LogP contribution is -2.28. The third-order valence-electron chi connectivity index (χ3n) is 3.05. The highest BCUT2D eigenvalue weighted by Gasteiger charge is 2.18. The molecular formula is C13H21NO8S2. The molecule has 1 aromatic rings. The van der Waals surface area contributed by atoms with E-state index in [0.717, 1.165) is 5.56 Å². The number of anilines is 1. The summed E-state index contributed by atoms with van der Waals surface area (Å²) in [5, 5.41) is 22.1. The zero-order chi connectivity index (χ0) is 18.5. The topological polar surface area (TPSA) is 161 Å². The predicted molar refractivity (Wildman–Crippen MR) is 88.2 cm³/mol. The summed E-state index contributed by atoms with van der Waals surface area (Å²) >= 11 is 0. The van der Waals surface area contributed by atoms with Crippen LogP contribution >= 0.6 is 0 Å². The first kappa shape index (κ1) is 20.8. The summed E-state index contributed by atoms with van der Waals surface area (Å²) in [7, 11) is -8.63. The minimum absolute atomic E-state index is 0.0712. The molecule has 24 heavy (non-hydrogen) atoms. The lowest BCUT2D eigenvalue weighted by molar-refractivity contribution is 0.195. The minimum Gasteiger partial charge on any atom is -0.392 e. The molecule has 0 aromatic heterocycles. The standard InChI is InChI=1S/C13H21NO8S2/c1-9-2-3-13(14-6-12(16)8-24(20,21)22)10(4-9)5-11(15)7-23(17,18)19/h2-4,11-12,14-16H,5-8H2,1H3,(H,17,18,19)(H,20,21,22). The van der Waals surface area contributed by atoms with Gasteiger partial charge in [0.25, 0.3) is 20.2 Å². The van der Waals surface area contributed by atoms with Crippen LogP contribution < -0.4 is 5.32 Å². The number of aliphatic hydroxyl groups is 2. The third kappa shape index (κ3) is 8.57. The molecule has 9 nitrogen and oxygen atoms in total. The van der Waals surface area contributed by atoms with E-state index in [0.29, 0.717) is 11.3 Å². The average Bonchev–Trinajstić information content (AvgIpc) is 2.33. The van der Waals surface area contributed by atoms with E-state index in [9.17, 15) is 27.0 Å². The SMILES string of the molecule is Cc1ccc(NCC(O)CS(=O)(=O)O)c(CC(O)CS(=O)(=O)O)c1. The molecule has 0 radical (unpaired) electrons. The number of rotatable bonds is 9. The molecule has 0 heterocycles. The Kier molecular flexibility index (Phi) is 7.13. The van der Waals surface area contributed by atoms with E-state index in [1.54, 1.807) is 25.1 Å². The molecule has 0 bridgehead atoms. The fourth-order valence-corrected chi connectivity index (χ4v) is 3.36. The van der Waals surface area contributed by atoms with Crippen LogP contribution in [-0.2, 0) is 26.7 Å². The van der Waals surface area contributed by atoms with Gasteiger partial charge in [-0.25, -0.2) is 0 Å². The van der Waals surface area contributed by atoms with Crippen LogP contribution in [0.2, 0.25) is 0 Å². The van der Waals surface area contributed by atoms with E-state index in [4.69, 9.17) is 9.11 Å². The molecule has 0 aliphatic carbocycles. The molecule has 0 fully saturated rings. The van der Waals surface area contributed by atoms with Gasteiger partial charge in [0.2, 0.25) is 0 Å². The molecule has 0 saturated carbocycles. The minimum atomic E-state index is -4.32. The summed E-state index contributed by atoms with van der Waals surface area (Å²) in [6, 6.07) is 5.05. The van der Waals surface area contributed by atoms with Crippen molar-refractivity contribution in [3.8, 4) is 0 Å².